The lowest BCUT2D eigenvalue weighted by Crippen LogP contribution is -2.37. The van der Waals surface area contributed by atoms with Crippen LogP contribution in [-0.2, 0) is 32.9 Å². The monoisotopic (exact) mass is 471 g/mol. The Morgan fingerprint density at radius 3 is 1.42 bits per heavy atom. The van der Waals surface area contributed by atoms with Crippen LogP contribution in [0.1, 0.15) is 25.0 Å². The lowest BCUT2D eigenvalue weighted by atomic mass is 10.0. The highest BCUT2D eigenvalue weighted by Crippen LogP contribution is 2.25. The average Bonchev–Trinajstić information content (AvgIpc) is 2.66. The molecule has 2 atom stereocenters. The number of sulfonamides is 2. The van der Waals surface area contributed by atoms with E-state index in [1.54, 1.807) is 24.3 Å². The Morgan fingerprint density at radius 2 is 1.13 bits per heavy atom. The molecule has 2 aromatic carbocycles. The van der Waals surface area contributed by atoms with Gasteiger partial charge in [-0.2, -0.15) is 0 Å². The highest BCUT2D eigenvalue weighted by atomic mass is 32.2. The number of rotatable bonds is 10. The van der Waals surface area contributed by atoms with Crippen LogP contribution in [-0.4, -0.2) is 43.1 Å². The molecular formula is C20H29N3O6S2. The molecule has 0 unspecified atom stereocenters. The van der Waals surface area contributed by atoms with Crippen molar-refractivity contribution >= 4 is 20.0 Å². The first-order chi connectivity index (χ1) is 14.3. The van der Waals surface area contributed by atoms with E-state index in [1.807, 2.05) is 13.8 Å². The zero-order valence-electron chi connectivity index (χ0n) is 18.0. The smallest absolute Gasteiger partial charge is 0.241 e. The number of primary sulfonamides is 2. The van der Waals surface area contributed by atoms with E-state index >= 15 is 0 Å². The van der Waals surface area contributed by atoms with E-state index < -0.39 is 20.0 Å². The molecule has 0 bridgehead atoms. The van der Waals surface area contributed by atoms with Crippen molar-refractivity contribution in [3.05, 3.63) is 47.5 Å². The predicted octanol–water partition coefficient (Wildman–Crippen LogP) is 1.15. The van der Waals surface area contributed by atoms with E-state index in [-0.39, 0.29) is 33.4 Å². The molecule has 0 aliphatic rings. The van der Waals surface area contributed by atoms with Crippen LogP contribution in [0.25, 0.3) is 0 Å². The molecule has 0 aromatic heterocycles. The second-order valence-electron chi connectivity index (χ2n) is 7.44. The highest BCUT2D eigenvalue weighted by Gasteiger charge is 2.18. The molecule has 0 saturated heterocycles. The number of benzene rings is 2. The number of hydrogen-bond donors (Lipinski definition) is 3. The van der Waals surface area contributed by atoms with Gasteiger partial charge < -0.3 is 14.8 Å². The third-order valence-electron chi connectivity index (χ3n) is 4.72. The Morgan fingerprint density at radius 1 is 0.774 bits per heavy atom. The Kier molecular flexibility index (Phi) is 8.06. The molecule has 2 aromatic rings. The van der Waals surface area contributed by atoms with Gasteiger partial charge in [-0.25, -0.2) is 27.1 Å². The molecule has 0 fully saturated rings. The van der Waals surface area contributed by atoms with E-state index in [2.05, 4.69) is 5.32 Å². The van der Waals surface area contributed by atoms with Gasteiger partial charge in [-0.3, -0.25) is 0 Å². The van der Waals surface area contributed by atoms with Crippen molar-refractivity contribution in [2.45, 2.75) is 48.6 Å². The quantitative estimate of drug-likeness (QED) is 0.470. The minimum Gasteiger partial charge on any atom is -0.495 e. The second kappa shape index (κ2) is 9.96. The van der Waals surface area contributed by atoms with Gasteiger partial charge in [-0.05, 0) is 62.1 Å². The molecule has 11 heteroatoms. The van der Waals surface area contributed by atoms with Crippen molar-refractivity contribution in [1.29, 1.82) is 0 Å². The van der Waals surface area contributed by atoms with Gasteiger partial charge in [-0.1, -0.05) is 12.1 Å². The van der Waals surface area contributed by atoms with Gasteiger partial charge in [0, 0.05) is 12.1 Å². The summed E-state index contributed by atoms with van der Waals surface area (Å²) in [5.41, 5.74) is 1.58. The van der Waals surface area contributed by atoms with Gasteiger partial charge in [0.15, 0.2) is 0 Å². The zero-order valence-corrected chi connectivity index (χ0v) is 19.6. The van der Waals surface area contributed by atoms with Gasteiger partial charge in [0.2, 0.25) is 20.0 Å². The topological polar surface area (TPSA) is 151 Å². The maximum absolute atomic E-state index is 11.8. The summed E-state index contributed by atoms with van der Waals surface area (Å²) in [6, 6.07) is 9.78. The van der Waals surface area contributed by atoms with Gasteiger partial charge in [-0.15, -0.1) is 0 Å². The van der Waals surface area contributed by atoms with E-state index in [9.17, 15) is 16.8 Å². The maximum atomic E-state index is 11.8. The first kappa shape index (κ1) is 25.1. The van der Waals surface area contributed by atoms with Crippen LogP contribution < -0.4 is 25.1 Å². The minimum atomic E-state index is -3.90. The van der Waals surface area contributed by atoms with Crippen LogP contribution in [0.3, 0.4) is 0 Å². The predicted molar refractivity (Wildman–Crippen MR) is 118 cm³/mol. The molecule has 172 valence electrons. The van der Waals surface area contributed by atoms with Crippen LogP contribution in [0, 0.1) is 0 Å². The van der Waals surface area contributed by atoms with Crippen LogP contribution in [0.5, 0.6) is 11.5 Å². The number of nitrogens with two attached hydrogens (primary N) is 2. The summed E-state index contributed by atoms with van der Waals surface area (Å²) in [4.78, 5) is -0.108. The first-order valence-electron chi connectivity index (χ1n) is 9.50. The fourth-order valence-electron chi connectivity index (χ4n) is 3.45. The lowest BCUT2D eigenvalue weighted by molar-refractivity contribution is 0.402. The molecule has 0 heterocycles. The van der Waals surface area contributed by atoms with E-state index in [4.69, 9.17) is 19.8 Å². The van der Waals surface area contributed by atoms with Crippen molar-refractivity contribution in [2.24, 2.45) is 10.3 Å². The van der Waals surface area contributed by atoms with Gasteiger partial charge in [0.05, 0.1) is 14.2 Å². The standard InChI is InChI=1S/C20H29N3O6S2/c1-13(9-15-5-7-17(28-3)19(11-15)30(21,24)25)23-14(2)10-16-6-8-18(29-4)20(12-16)31(22,26)27/h5-8,11-14,23H,9-10H2,1-4H3,(H2,21,24,25)(H2,22,26,27)/t13-,14-/m1/s1. The number of hydrogen-bond acceptors (Lipinski definition) is 7. The van der Waals surface area contributed by atoms with Crippen molar-refractivity contribution in [3.8, 4) is 11.5 Å². The number of ether oxygens (including phenoxy) is 2. The van der Waals surface area contributed by atoms with Crippen molar-refractivity contribution < 1.29 is 26.3 Å². The van der Waals surface area contributed by atoms with Crippen molar-refractivity contribution in [3.63, 3.8) is 0 Å². The fraction of sp³-hybridized carbons (Fsp3) is 0.400. The van der Waals surface area contributed by atoms with Crippen molar-refractivity contribution in [1.82, 2.24) is 5.32 Å². The van der Waals surface area contributed by atoms with Gasteiger partial charge in [0.1, 0.15) is 21.3 Å². The normalized spacial score (nSPS) is 14.1. The first-order valence-corrected chi connectivity index (χ1v) is 12.6. The summed E-state index contributed by atoms with van der Waals surface area (Å²) in [6.45, 7) is 3.95. The molecule has 0 saturated carbocycles. The maximum Gasteiger partial charge on any atom is 0.241 e. The largest absolute Gasteiger partial charge is 0.495 e. The molecule has 0 aliphatic heterocycles. The second-order valence-corrected chi connectivity index (χ2v) is 10.5. The van der Waals surface area contributed by atoms with Crippen LogP contribution in [0.2, 0.25) is 0 Å². The average molecular weight is 472 g/mol. The third kappa shape index (κ3) is 6.91. The van der Waals surface area contributed by atoms with Gasteiger partial charge in [0.25, 0.3) is 0 Å². The Hall–Kier alpha value is -2.18. The molecule has 0 aliphatic carbocycles. The van der Waals surface area contributed by atoms with E-state index in [1.165, 1.54) is 26.4 Å². The summed E-state index contributed by atoms with van der Waals surface area (Å²) in [5, 5.41) is 14.0. The number of nitrogens with one attached hydrogen (secondary N) is 1. The Labute approximate surface area is 183 Å². The van der Waals surface area contributed by atoms with E-state index in [0.717, 1.165) is 11.1 Å². The van der Waals surface area contributed by atoms with E-state index in [0.29, 0.717) is 12.8 Å². The molecule has 0 amide bonds. The molecule has 5 N–H and O–H groups in total. The van der Waals surface area contributed by atoms with Crippen LogP contribution >= 0.6 is 0 Å². The molecule has 31 heavy (non-hydrogen) atoms. The molecule has 0 spiro atoms. The Balaban J connectivity index is 2.09. The summed E-state index contributed by atoms with van der Waals surface area (Å²) in [6.07, 6.45) is 1.11. The molecule has 2 rings (SSSR count). The SMILES string of the molecule is COc1ccc(C[C@@H](C)N[C@H](C)Cc2ccc(OC)c(S(N)(=O)=O)c2)cc1S(N)(=O)=O. The molecule has 0 radical (unpaired) electrons. The van der Waals surface area contributed by atoms with Crippen molar-refractivity contribution in [2.75, 3.05) is 14.2 Å². The fourth-order valence-corrected chi connectivity index (χ4v) is 4.95. The lowest BCUT2D eigenvalue weighted by Gasteiger charge is -2.21. The summed E-state index contributed by atoms with van der Waals surface area (Å²) >= 11 is 0. The van der Waals surface area contributed by atoms with Gasteiger partial charge >= 0.3 is 0 Å². The van der Waals surface area contributed by atoms with Crippen LogP contribution in [0.15, 0.2) is 46.2 Å². The minimum absolute atomic E-state index is 0.00711. The number of methoxy groups -OCH3 is 2. The summed E-state index contributed by atoms with van der Waals surface area (Å²) in [7, 11) is -5.04. The van der Waals surface area contributed by atoms with Crippen LogP contribution in [0.4, 0.5) is 0 Å². The third-order valence-corrected chi connectivity index (χ3v) is 6.59. The zero-order chi connectivity index (χ0) is 23.4. The summed E-state index contributed by atoms with van der Waals surface area (Å²) < 4.78 is 57.3. The summed E-state index contributed by atoms with van der Waals surface area (Å²) in [5.74, 6) is 0.399. The molecule has 9 nitrogen and oxygen atoms in total. The molecular weight excluding hydrogens is 442 g/mol. The highest BCUT2D eigenvalue weighted by molar-refractivity contribution is 7.89. The Bertz CT molecular complexity index is 1040.